The van der Waals surface area contributed by atoms with E-state index < -0.39 is 0 Å². The first-order valence-electron chi connectivity index (χ1n) is 11.6. The second-order valence-corrected chi connectivity index (χ2v) is 8.77. The fourth-order valence-corrected chi connectivity index (χ4v) is 4.68. The molecule has 2 amide bonds. The molecule has 2 aliphatic rings. The Balaban J connectivity index is 1.25. The van der Waals surface area contributed by atoms with Gasteiger partial charge >= 0.3 is 0 Å². The van der Waals surface area contributed by atoms with Gasteiger partial charge in [-0.2, -0.15) is 0 Å². The van der Waals surface area contributed by atoms with Gasteiger partial charge in [0.2, 0.25) is 11.8 Å². The van der Waals surface area contributed by atoms with E-state index in [-0.39, 0.29) is 17.7 Å². The van der Waals surface area contributed by atoms with E-state index in [4.69, 9.17) is 9.47 Å². The number of methoxy groups -OCH3 is 2. The molecule has 2 fully saturated rings. The average molecular weight is 452 g/mol. The topological polar surface area (TPSA) is 62.3 Å². The van der Waals surface area contributed by atoms with Crippen molar-refractivity contribution in [3.63, 3.8) is 0 Å². The maximum absolute atomic E-state index is 13.1. The number of carbonyl (C=O) groups excluding carboxylic acids is 2. The van der Waals surface area contributed by atoms with Crippen molar-refractivity contribution in [2.24, 2.45) is 5.92 Å². The molecule has 4 rings (SSSR count). The molecule has 33 heavy (non-hydrogen) atoms. The molecule has 0 bridgehead atoms. The molecule has 2 aromatic carbocycles. The van der Waals surface area contributed by atoms with E-state index in [0.717, 1.165) is 38.3 Å². The number of hydrogen-bond donors (Lipinski definition) is 0. The Kier molecular flexibility index (Phi) is 7.50. The summed E-state index contributed by atoms with van der Waals surface area (Å²) in [6, 6.07) is 16.2. The number of nitrogens with zero attached hydrogens (tertiary/aromatic N) is 3. The van der Waals surface area contributed by atoms with Crippen molar-refractivity contribution in [3.05, 3.63) is 59.7 Å². The zero-order chi connectivity index (χ0) is 23.2. The van der Waals surface area contributed by atoms with Crippen LogP contribution >= 0.6 is 0 Å². The third-order valence-corrected chi connectivity index (χ3v) is 6.62. The van der Waals surface area contributed by atoms with Crippen molar-refractivity contribution in [2.45, 2.75) is 19.4 Å². The van der Waals surface area contributed by atoms with Crippen LogP contribution in [0.15, 0.2) is 48.5 Å². The van der Waals surface area contributed by atoms with Gasteiger partial charge in [-0.1, -0.05) is 36.4 Å². The van der Waals surface area contributed by atoms with Gasteiger partial charge in [0.1, 0.15) is 0 Å². The molecule has 7 heteroatoms. The van der Waals surface area contributed by atoms with Crippen LogP contribution in [0.1, 0.15) is 17.5 Å². The van der Waals surface area contributed by atoms with E-state index in [0.29, 0.717) is 37.4 Å². The Labute approximate surface area is 195 Å². The number of rotatable bonds is 8. The van der Waals surface area contributed by atoms with Crippen LogP contribution in [0.25, 0.3) is 0 Å². The van der Waals surface area contributed by atoms with Crippen molar-refractivity contribution in [3.8, 4) is 11.5 Å². The van der Waals surface area contributed by atoms with Crippen LogP contribution < -0.4 is 9.47 Å². The van der Waals surface area contributed by atoms with Gasteiger partial charge in [-0.05, 0) is 29.7 Å². The molecule has 0 spiro atoms. The standard InChI is InChI=1S/C26H33N3O4/c1-32-23-9-8-20(16-24(23)33-2)10-11-29-19-22(17-25(29)30)26(31)28-14-12-27(13-15-28)18-21-6-4-3-5-7-21/h3-9,16,22H,10-15,17-19H2,1-2H3/t22-/m1/s1. The minimum atomic E-state index is -0.233. The second kappa shape index (κ2) is 10.7. The van der Waals surface area contributed by atoms with Crippen LogP contribution in [0.4, 0.5) is 0 Å². The SMILES string of the molecule is COc1ccc(CCN2C[C@H](C(=O)N3CCN(Cc4ccccc4)CC3)CC2=O)cc1OC. The maximum Gasteiger partial charge on any atom is 0.228 e. The second-order valence-electron chi connectivity index (χ2n) is 8.77. The highest BCUT2D eigenvalue weighted by Gasteiger charge is 2.37. The zero-order valence-electron chi connectivity index (χ0n) is 19.5. The molecule has 1 atom stereocenters. The molecule has 7 nitrogen and oxygen atoms in total. The van der Waals surface area contributed by atoms with Gasteiger partial charge in [-0.15, -0.1) is 0 Å². The van der Waals surface area contributed by atoms with Crippen LogP contribution in [0.3, 0.4) is 0 Å². The lowest BCUT2D eigenvalue weighted by atomic mass is 10.1. The van der Waals surface area contributed by atoms with Gasteiger partial charge in [0.05, 0.1) is 20.1 Å². The first-order valence-corrected chi connectivity index (χ1v) is 11.6. The van der Waals surface area contributed by atoms with Gasteiger partial charge in [-0.3, -0.25) is 14.5 Å². The number of hydrogen-bond acceptors (Lipinski definition) is 5. The van der Waals surface area contributed by atoms with Crippen LogP contribution in [0.2, 0.25) is 0 Å². The zero-order valence-corrected chi connectivity index (χ0v) is 19.5. The molecule has 0 N–H and O–H groups in total. The lowest BCUT2D eigenvalue weighted by molar-refractivity contribution is -0.137. The van der Waals surface area contributed by atoms with Gasteiger partial charge in [0.25, 0.3) is 0 Å². The van der Waals surface area contributed by atoms with Crippen molar-refractivity contribution in [1.29, 1.82) is 0 Å². The van der Waals surface area contributed by atoms with E-state index in [2.05, 4.69) is 29.2 Å². The summed E-state index contributed by atoms with van der Waals surface area (Å²) >= 11 is 0. The predicted molar refractivity (Wildman–Crippen MR) is 126 cm³/mol. The monoisotopic (exact) mass is 451 g/mol. The van der Waals surface area contributed by atoms with Crippen LogP contribution in [-0.4, -0.2) is 80.0 Å². The van der Waals surface area contributed by atoms with Crippen LogP contribution in [0, 0.1) is 5.92 Å². The number of piperazine rings is 1. The van der Waals surface area contributed by atoms with Crippen molar-refractivity contribution >= 4 is 11.8 Å². The van der Waals surface area contributed by atoms with Gasteiger partial charge in [0.15, 0.2) is 11.5 Å². The number of ether oxygens (including phenoxy) is 2. The fourth-order valence-electron chi connectivity index (χ4n) is 4.68. The Bertz CT molecular complexity index is 957. The largest absolute Gasteiger partial charge is 0.493 e. The molecule has 2 saturated heterocycles. The molecule has 0 unspecified atom stereocenters. The molecule has 2 aromatic rings. The average Bonchev–Trinajstić information content (AvgIpc) is 3.23. The highest BCUT2D eigenvalue weighted by molar-refractivity contribution is 5.89. The number of likely N-dealkylation sites (tertiary alicyclic amines) is 1. The first kappa shape index (κ1) is 23.1. The van der Waals surface area contributed by atoms with Crippen molar-refractivity contribution < 1.29 is 19.1 Å². The van der Waals surface area contributed by atoms with E-state index >= 15 is 0 Å². The van der Waals surface area contributed by atoms with Gasteiger partial charge in [-0.25, -0.2) is 0 Å². The maximum atomic E-state index is 13.1. The van der Waals surface area contributed by atoms with Crippen molar-refractivity contribution in [2.75, 3.05) is 53.5 Å². The molecule has 0 saturated carbocycles. The van der Waals surface area contributed by atoms with E-state index in [9.17, 15) is 9.59 Å². The summed E-state index contributed by atoms with van der Waals surface area (Å²) in [5, 5.41) is 0. The van der Waals surface area contributed by atoms with E-state index in [1.54, 1.807) is 14.2 Å². The molecule has 2 aliphatic heterocycles. The third kappa shape index (κ3) is 5.66. The summed E-state index contributed by atoms with van der Waals surface area (Å²) in [6.07, 6.45) is 1.03. The van der Waals surface area contributed by atoms with Gasteiger partial charge < -0.3 is 19.3 Å². The van der Waals surface area contributed by atoms with Crippen molar-refractivity contribution in [1.82, 2.24) is 14.7 Å². The minimum absolute atomic E-state index is 0.0662. The number of benzene rings is 2. The molecule has 176 valence electrons. The Morgan fingerprint density at radius 1 is 0.939 bits per heavy atom. The van der Waals surface area contributed by atoms with Gasteiger partial charge in [0, 0.05) is 52.2 Å². The minimum Gasteiger partial charge on any atom is -0.493 e. The van der Waals surface area contributed by atoms with E-state index in [1.165, 1.54) is 5.56 Å². The molecule has 0 radical (unpaired) electrons. The quantitative estimate of drug-likeness (QED) is 0.617. The Morgan fingerprint density at radius 2 is 1.67 bits per heavy atom. The number of carbonyl (C=O) groups is 2. The molecular formula is C26H33N3O4. The third-order valence-electron chi connectivity index (χ3n) is 6.62. The summed E-state index contributed by atoms with van der Waals surface area (Å²) in [5.41, 5.74) is 2.37. The molecule has 0 aromatic heterocycles. The smallest absolute Gasteiger partial charge is 0.228 e. The highest BCUT2D eigenvalue weighted by Crippen LogP contribution is 2.28. The molecule has 2 heterocycles. The normalized spacial score (nSPS) is 19.1. The first-order chi connectivity index (χ1) is 16.1. The molecular weight excluding hydrogens is 418 g/mol. The van der Waals surface area contributed by atoms with Crippen LogP contribution in [-0.2, 0) is 22.6 Å². The van der Waals surface area contributed by atoms with E-state index in [1.807, 2.05) is 34.1 Å². The summed E-state index contributed by atoms with van der Waals surface area (Å²) in [6.45, 7) is 5.20. The highest BCUT2D eigenvalue weighted by atomic mass is 16.5. The lowest BCUT2D eigenvalue weighted by Crippen LogP contribution is -2.50. The Hall–Kier alpha value is -3.06. The summed E-state index contributed by atoms with van der Waals surface area (Å²) in [5.74, 6) is 1.33. The summed E-state index contributed by atoms with van der Waals surface area (Å²) < 4.78 is 10.7. The molecule has 0 aliphatic carbocycles. The summed E-state index contributed by atoms with van der Waals surface area (Å²) in [4.78, 5) is 31.8. The van der Waals surface area contributed by atoms with Crippen LogP contribution in [0.5, 0.6) is 11.5 Å². The number of amides is 2. The fraction of sp³-hybridized carbons (Fsp3) is 0.462. The lowest BCUT2D eigenvalue weighted by Gasteiger charge is -2.36. The Morgan fingerprint density at radius 3 is 2.36 bits per heavy atom. The summed E-state index contributed by atoms with van der Waals surface area (Å²) in [7, 11) is 3.23. The predicted octanol–water partition coefficient (Wildman–Crippen LogP) is 2.44.